The quantitative estimate of drug-likeness (QED) is 0.771. The van der Waals surface area contributed by atoms with E-state index in [0.717, 1.165) is 39.4 Å². The first-order chi connectivity index (χ1) is 12.7. The Morgan fingerprint density at radius 2 is 1.96 bits per heavy atom. The summed E-state index contributed by atoms with van der Waals surface area (Å²) in [6.07, 6.45) is 2.03. The van der Waals surface area contributed by atoms with Gasteiger partial charge in [0.2, 0.25) is 5.91 Å². The Hall–Kier alpha value is -3.17. The van der Waals surface area contributed by atoms with Crippen molar-refractivity contribution in [2.45, 2.75) is 11.7 Å². The van der Waals surface area contributed by atoms with Gasteiger partial charge in [-0.15, -0.1) is 0 Å². The number of benzene rings is 2. The largest absolute Gasteiger partial charge is 0.286 e. The van der Waals surface area contributed by atoms with Crippen molar-refractivity contribution < 1.29 is 9.59 Å². The minimum Gasteiger partial charge on any atom is -0.286 e. The minimum atomic E-state index is -0.424. The molecule has 1 N–H and O–H groups in total. The summed E-state index contributed by atoms with van der Waals surface area (Å²) >= 11 is 1.01. The third-order valence-corrected chi connectivity index (χ3v) is 5.28. The van der Waals surface area contributed by atoms with Crippen molar-refractivity contribution in [2.75, 3.05) is 0 Å². The number of pyridine rings is 1. The molecule has 1 aromatic heterocycles. The smallest absolute Gasteiger partial charge is 0.286 e. The normalized spacial score (nSPS) is 16.5. The SMILES string of the molecule is N#Cc1cnc2ccc(CC3SC(=O)NC3=O)cc2c1-c1ccccc1. The van der Waals surface area contributed by atoms with Gasteiger partial charge in [0.15, 0.2) is 0 Å². The minimum absolute atomic E-state index is 0.257. The molecule has 1 unspecified atom stereocenters. The van der Waals surface area contributed by atoms with E-state index in [0.29, 0.717) is 12.0 Å². The highest BCUT2D eigenvalue weighted by molar-refractivity contribution is 8.15. The van der Waals surface area contributed by atoms with E-state index in [1.165, 1.54) is 0 Å². The van der Waals surface area contributed by atoms with Gasteiger partial charge in [0.25, 0.3) is 5.24 Å². The molecule has 2 heterocycles. The summed E-state index contributed by atoms with van der Waals surface area (Å²) in [5.41, 5.74) is 3.99. The zero-order chi connectivity index (χ0) is 18.1. The molecule has 1 fully saturated rings. The van der Waals surface area contributed by atoms with E-state index in [-0.39, 0.29) is 11.1 Å². The molecule has 2 aromatic carbocycles. The van der Waals surface area contributed by atoms with E-state index >= 15 is 0 Å². The predicted octanol–water partition coefficient (Wildman–Crippen LogP) is 3.67. The number of carbonyl (C=O) groups is 2. The summed E-state index contributed by atoms with van der Waals surface area (Å²) in [6, 6.07) is 17.7. The first kappa shape index (κ1) is 16.3. The molecule has 3 aromatic rings. The highest BCUT2D eigenvalue weighted by Gasteiger charge is 2.31. The fourth-order valence-electron chi connectivity index (χ4n) is 3.11. The molecule has 1 saturated heterocycles. The molecule has 1 aliphatic rings. The van der Waals surface area contributed by atoms with Crippen molar-refractivity contribution >= 4 is 33.8 Å². The molecule has 2 amide bonds. The molecular weight excluding hydrogens is 346 g/mol. The first-order valence-electron chi connectivity index (χ1n) is 8.04. The molecule has 0 aliphatic carbocycles. The van der Waals surface area contributed by atoms with Crippen LogP contribution in [0.1, 0.15) is 11.1 Å². The number of thioether (sulfide) groups is 1. The lowest BCUT2D eigenvalue weighted by Crippen LogP contribution is -2.25. The second-order valence-electron chi connectivity index (χ2n) is 5.96. The number of aromatic nitrogens is 1. The standard InChI is InChI=1S/C20H13N3O2S/c21-10-14-11-22-16-7-6-12(9-17-19(24)23-20(25)26-17)8-15(16)18(14)13-4-2-1-3-5-13/h1-8,11,17H,9H2,(H,23,24,25). The monoisotopic (exact) mass is 359 g/mol. The van der Waals surface area contributed by atoms with E-state index in [1.807, 2.05) is 48.5 Å². The maximum Gasteiger partial charge on any atom is 0.286 e. The molecule has 1 aliphatic heterocycles. The summed E-state index contributed by atoms with van der Waals surface area (Å²) in [4.78, 5) is 27.6. The van der Waals surface area contributed by atoms with Crippen LogP contribution in [0.3, 0.4) is 0 Å². The van der Waals surface area contributed by atoms with Gasteiger partial charge in [-0.25, -0.2) is 0 Å². The lowest BCUT2D eigenvalue weighted by Gasteiger charge is -2.11. The molecule has 0 bridgehead atoms. The maximum atomic E-state index is 11.8. The van der Waals surface area contributed by atoms with E-state index in [2.05, 4.69) is 16.4 Å². The van der Waals surface area contributed by atoms with Crippen molar-refractivity contribution in [2.24, 2.45) is 0 Å². The highest BCUT2D eigenvalue weighted by atomic mass is 32.2. The van der Waals surface area contributed by atoms with Crippen LogP contribution in [-0.2, 0) is 11.2 Å². The number of nitrogens with one attached hydrogen (secondary N) is 1. The number of nitriles is 1. The molecule has 6 heteroatoms. The fraction of sp³-hybridized carbons (Fsp3) is 0.100. The first-order valence-corrected chi connectivity index (χ1v) is 8.92. The number of amides is 2. The molecular formula is C20H13N3O2S. The van der Waals surface area contributed by atoms with Crippen molar-refractivity contribution in [3.63, 3.8) is 0 Å². The van der Waals surface area contributed by atoms with Crippen molar-refractivity contribution in [1.29, 1.82) is 5.26 Å². The summed E-state index contributed by atoms with van der Waals surface area (Å²) < 4.78 is 0. The fourth-order valence-corrected chi connectivity index (χ4v) is 3.97. The molecule has 1 atom stereocenters. The second-order valence-corrected chi connectivity index (χ2v) is 7.14. The number of carbonyl (C=O) groups excluding carboxylic acids is 2. The number of nitrogens with zero attached hydrogens (tertiary/aromatic N) is 2. The molecule has 26 heavy (non-hydrogen) atoms. The third-order valence-electron chi connectivity index (χ3n) is 4.30. The lowest BCUT2D eigenvalue weighted by molar-refractivity contribution is -0.118. The van der Waals surface area contributed by atoms with E-state index < -0.39 is 5.25 Å². The molecule has 0 spiro atoms. The maximum absolute atomic E-state index is 11.8. The van der Waals surface area contributed by atoms with Crippen molar-refractivity contribution in [1.82, 2.24) is 10.3 Å². The summed E-state index contributed by atoms with van der Waals surface area (Å²) in [6.45, 7) is 0. The van der Waals surface area contributed by atoms with Crippen LogP contribution in [-0.4, -0.2) is 21.4 Å². The zero-order valence-corrected chi connectivity index (χ0v) is 14.4. The second kappa shape index (κ2) is 6.62. The highest BCUT2D eigenvalue weighted by Crippen LogP contribution is 2.32. The topological polar surface area (TPSA) is 82.8 Å². The third kappa shape index (κ3) is 2.93. The average molecular weight is 359 g/mol. The zero-order valence-electron chi connectivity index (χ0n) is 13.6. The van der Waals surface area contributed by atoms with Gasteiger partial charge in [0, 0.05) is 17.1 Å². The Bertz CT molecular complexity index is 1070. The van der Waals surface area contributed by atoms with Crippen LogP contribution in [0.4, 0.5) is 4.79 Å². The van der Waals surface area contributed by atoms with Crippen LogP contribution in [0.5, 0.6) is 0 Å². The Morgan fingerprint density at radius 3 is 2.65 bits per heavy atom. The Morgan fingerprint density at radius 1 is 1.15 bits per heavy atom. The molecule has 0 radical (unpaired) electrons. The number of hydrogen-bond donors (Lipinski definition) is 1. The Kier molecular flexibility index (Phi) is 4.15. The predicted molar refractivity (Wildman–Crippen MR) is 101 cm³/mol. The van der Waals surface area contributed by atoms with Gasteiger partial charge in [0.05, 0.1) is 16.3 Å². The Balaban J connectivity index is 1.83. The van der Waals surface area contributed by atoms with Crippen LogP contribution in [0.25, 0.3) is 22.0 Å². The van der Waals surface area contributed by atoms with Gasteiger partial charge >= 0.3 is 0 Å². The van der Waals surface area contributed by atoms with Gasteiger partial charge in [-0.05, 0) is 29.7 Å². The van der Waals surface area contributed by atoms with Crippen LogP contribution >= 0.6 is 11.8 Å². The van der Waals surface area contributed by atoms with Crippen LogP contribution < -0.4 is 5.32 Å². The van der Waals surface area contributed by atoms with Gasteiger partial charge in [-0.1, -0.05) is 48.2 Å². The van der Waals surface area contributed by atoms with Gasteiger partial charge < -0.3 is 0 Å². The van der Waals surface area contributed by atoms with Crippen LogP contribution in [0.15, 0.2) is 54.7 Å². The summed E-state index contributed by atoms with van der Waals surface area (Å²) in [5.74, 6) is -0.257. The van der Waals surface area contributed by atoms with Crippen molar-refractivity contribution in [3.05, 3.63) is 65.9 Å². The molecule has 4 rings (SSSR count). The van der Waals surface area contributed by atoms with Crippen LogP contribution in [0.2, 0.25) is 0 Å². The van der Waals surface area contributed by atoms with E-state index in [4.69, 9.17) is 0 Å². The van der Waals surface area contributed by atoms with Crippen molar-refractivity contribution in [3.8, 4) is 17.2 Å². The van der Waals surface area contributed by atoms with Gasteiger partial charge in [-0.2, -0.15) is 5.26 Å². The van der Waals surface area contributed by atoms with E-state index in [9.17, 15) is 14.9 Å². The molecule has 5 nitrogen and oxygen atoms in total. The van der Waals surface area contributed by atoms with Gasteiger partial charge in [0.1, 0.15) is 6.07 Å². The molecule has 0 saturated carbocycles. The van der Waals surface area contributed by atoms with Crippen LogP contribution in [0, 0.1) is 11.3 Å². The van der Waals surface area contributed by atoms with E-state index in [1.54, 1.807) is 6.20 Å². The number of rotatable bonds is 3. The number of fused-ring (bicyclic) bond motifs is 1. The molecule has 126 valence electrons. The Labute approximate surface area is 154 Å². The lowest BCUT2D eigenvalue weighted by atomic mass is 9.95. The number of hydrogen-bond acceptors (Lipinski definition) is 5. The number of imide groups is 1. The summed E-state index contributed by atoms with van der Waals surface area (Å²) in [7, 11) is 0. The summed E-state index contributed by atoms with van der Waals surface area (Å²) in [5, 5.41) is 12.0. The average Bonchev–Trinajstić information content (AvgIpc) is 2.98. The van der Waals surface area contributed by atoms with Gasteiger partial charge in [-0.3, -0.25) is 19.9 Å².